The Labute approximate surface area is 122 Å². The van der Waals surface area contributed by atoms with Crippen molar-refractivity contribution in [3.8, 4) is 0 Å². The maximum atomic E-state index is 5.82. The number of anilines is 1. The fourth-order valence-corrected chi connectivity index (χ4v) is 1.99. The number of halogens is 1. The molecule has 0 fully saturated rings. The Balaban J connectivity index is 1.86. The van der Waals surface area contributed by atoms with Gasteiger partial charge < -0.3 is 10.6 Å². The first-order chi connectivity index (χ1) is 9.19. The minimum Gasteiger partial charge on any atom is -0.357 e. The molecule has 0 spiro atoms. The van der Waals surface area contributed by atoms with Gasteiger partial charge >= 0.3 is 0 Å². The Bertz CT molecular complexity index is 550. The van der Waals surface area contributed by atoms with Crippen molar-refractivity contribution in [2.45, 2.75) is 20.0 Å². The van der Waals surface area contributed by atoms with Crippen LogP contribution in [0, 0.1) is 0 Å². The van der Waals surface area contributed by atoms with Gasteiger partial charge in [-0.1, -0.05) is 11.6 Å². The van der Waals surface area contributed by atoms with Crippen molar-refractivity contribution in [2.75, 3.05) is 5.32 Å². The van der Waals surface area contributed by atoms with Crippen LogP contribution in [0.5, 0.6) is 0 Å². The summed E-state index contributed by atoms with van der Waals surface area (Å²) >= 11 is 11.1. The first-order valence-electron chi connectivity index (χ1n) is 6.00. The lowest BCUT2D eigenvalue weighted by Gasteiger charge is -2.11. The van der Waals surface area contributed by atoms with Gasteiger partial charge in [-0.25, -0.2) is 0 Å². The van der Waals surface area contributed by atoms with Gasteiger partial charge in [0.2, 0.25) is 0 Å². The average molecular weight is 295 g/mol. The molecule has 1 heterocycles. The summed E-state index contributed by atoms with van der Waals surface area (Å²) < 4.78 is 1.93. The molecule has 0 saturated carbocycles. The normalized spacial score (nSPS) is 10.2. The number of nitrogens with zero attached hydrogens (tertiary/aromatic N) is 2. The summed E-state index contributed by atoms with van der Waals surface area (Å²) in [5.74, 6) is 0. The van der Waals surface area contributed by atoms with Crippen LogP contribution in [0.3, 0.4) is 0 Å². The molecule has 1 aromatic heterocycles. The van der Waals surface area contributed by atoms with Gasteiger partial charge in [-0.15, -0.1) is 0 Å². The molecule has 0 aliphatic rings. The number of rotatable bonds is 4. The van der Waals surface area contributed by atoms with E-state index in [1.54, 1.807) is 6.20 Å². The molecule has 0 saturated heterocycles. The Kier molecular flexibility index (Phi) is 4.76. The molecular weight excluding hydrogens is 280 g/mol. The van der Waals surface area contributed by atoms with E-state index < -0.39 is 0 Å². The lowest BCUT2D eigenvalue weighted by Crippen LogP contribution is -2.28. The predicted octanol–water partition coefficient (Wildman–Crippen LogP) is 3.04. The third kappa shape index (κ3) is 3.94. The third-order valence-corrected chi connectivity index (χ3v) is 3.13. The summed E-state index contributed by atoms with van der Waals surface area (Å²) in [5, 5.41) is 11.7. The van der Waals surface area contributed by atoms with Crippen LogP contribution in [0.4, 0.5) is 5.69 Å². The smallest absolute Gasteiger partial charge is 0.171 e. The summed E-state index contributed by atoms with van der Waals surface area (Å²) in [6.07, 6.45) is 1.79. The fraction of sp³-hybridized carbons (Fsp3) is 0.231. The summed E-state index contributed by atoms with van der Waals surface area (Å²) in [4.78, 5) is 0. The van der Waals surface area contributed by atoms with E-state index in [9.17, 15) is 0 Å². The molecule has 19 heavy (non-hydrogen) atoms. The van der Waals surface area contributed by atoms with Crippen molar-refractivity contribution >= 4 is 34.6 Å². The SMILES string of the molecule is CCn1nccc1CNC(=S)Nc1ccc(Cl)cc1. The van der Waals surface area contributed by atoms with Crippen molar-refractivity contribution in [1.82, 2.24) is 15.1 Å². The maximum absolute atomic E-state index is 5.82. The van der Waals surface area contributed by atoms with E-state index in [-0.39, 0.29) is 0 Å². The lowest BCUT2D eigenvalue weighted by atomic mass is 10.3. The van der Waals surface area contributed by atoms with E-state index in [1.807, 2.05) is 35.0 Å². The van der Waals surface area contributed by atoms with Gasteiger partial charge in [-0.3, -0.25) is 4.68 Å². The van der Waals surface area contributed by atoms with Crippen molar-refractivity contribution < 1.29 is 0 Å². The molecule has 0 aliphatic heterocycles. The largest absolute Gasteiger partial charge is 0.357 e. The number of hydrogen-bond donors (Lipinski definition) is 2. The predicted molar refractivity (Wildman–Crippen MR) is 82.4 cm³/mol. The second-order valence-corrected chi connectivity index (χ2v) is 4.80. The van der Waals surface area contributed by atoms with Gasteiger partial charge in [0.15, 0.2) is 5.11 Å². The highest BCUT2D eigenvalue weighted by molar-refractivity contribution is 7.80. The van der Waals surface area contributed by atoms with Crippen LogP contribution in [0.25, 0.3) is 0 Å². The number of nitrogens with one attached hydrogen (secondary N) is 2. The Morgan fingerprint density at radius 2 is 2.05 bits per heavy atom. The molecule has 1 aromatic carbocycles. The van der Waals surface area contributed by atoms with Gasteiger partial charge in [-0.05, 0) is 49.5 Å². The van der Waals surface area contributed by atoms with Gasteiger partial charge in [0.1, 0.15) is 0 Å². The minimum absolute atomic E-state index is 0.575. The van der Waals surface area contributed by atoms with E-state index >= 15 is 0 Å². The zero-order valence-corrected chi connectivity index (χ0v) is 12.1. The highest BCUT2D eigenvalue weighted by atomic mass is 35.5. The number of hydrogen-bond acceptors (Lipinski definition) is 2. The summed E-state index contributed by atoms with van der Waals surface area (Å²) in [7, 11) is 0. The number of aromatic nitrogens is 2. The molecule has 2 rings (SSSR count). The Morgan fingerprint density at radius 1 is 1.32 bits per heavy atom. The minimum atomic E-state index is 0.575. The highest BCUT2D eigenvalue weighted by Gasteiger charge is 2.02. The zero-order valence-electron chi connectivity index (χ0n) is 10.6. The molecule has 0 unspecified atom stereocenters. The van der Waals surface area contributed by atoms with Crippen molar-refractivity contribution in [2.24, 2.45) is 0 Å². The van der Waals surface area contributed by atoms with E-state index in [4.69, 9.17) is 23.8 Å². The van der Waals surface area contributed by atoms with E-state index in [0.29, 0.717) is 16.7 Å². The van der Waals surface area contributed by atoms with E-state index in [0.717, 1.165) is 17.9 Å². The van der Waals surface area contributed by atoms with Gasteiger partial charge in [0.05, 0.1) is 12.2 Å². The Morgan fingerprint density at radius 3 is 2.74 bits per heavy atom. The van der Waals surface area contributed by atoms with Crippen molar-refractivity contribution in [3.05, 3.63) is 47.2 Å². The van der Waals surface area contributed by atoms with Crippen LogP contribution in [0.1, 0.15) is 12.6 Å². The molecular formula is C13H15ClN4S. The van der Waals surface area contributed by atoms with Crippen molar-refractivity contribution in [3.63, 3.8) is 0 Å². The Hall–Kier alpha value is -1.59. The van der Waals surface area contributed by atoms with Crippen LogP contribution >= 0.6 is 23.8 Å². The second-order valence-electron chi connectivity index (χ2n) is 3.95. The lowest BCUT2D eigenvalue weighted by molar-refractivity contribution is 0.614. The molecule has 0 radical (unpaired) electrons. The molecule has 2 aromatic rings. The molecule has 0 bridgehead atoms. The van der Waals surface area contributed by atoms with Gasteiger partial charge in [0.25, 0.3) is 0 Å². The maximum Gasteiger partial charge on any atom is 0.171 e. The van der Waals surface area contributed by atoms with Crippen molar-refractivity contribution in [1.29, 1.82) is 0 Å². The standard InChI is InChI=1S/C13H15ClN4S/c1-2-18-12(7-8-16-18)9-15-13(19)17-11-5-3-10(14)4-6-11/h3-8H,2,9H2,1H3,(H2,15,17,19). The van der Waals surface area contributed by atoms with E-state index in [2.05, 4.69) is 22.7 Å². The second kappa shape index (κ2) is 6.54. The average Bonchev–Trinajstić information content (AvgIpc) is 2.86. The van der Waals surface area contributed by atoms with Gasteiger partial charge in [0, 0.05) is 23.5 Å². The highest BCUT2D eigenvalue weighted by Crippen LogP contribution is 2.13. The van der Waals surface area contributed by atoms with Crippen LogP contribution in [-0.2, 0) is 13.1 Å². The molecule has 0 amide bonds. The molecule has 0 atom stereocenters. The summed E-state index contributed by atoms with van der Waals surface area (Å²) in [5.41, 5.74) is 2.01. The van der Waals surface area contributed by atoms with Crippen LogP contribution < -0.4 is 10.6 Å². The number of benzene rings is 1. The number of aryl methyl sites for hydroxylation is 1. The van der Waals surface area contributed by atoms with Crippen LogP contribution in [-0.4, -0.2) is 14.9 Å². The molecule has 2 N–H and O–H groups in total. The van der Waals surface area contributed by atoms with Crippen LogP contribution in [0.2, 0.25) is 5.02 Å². The summed E-state index contributed by atoms with van der Waals surface area (Å²) in [6.45, 7) is 3.55. The van der Waals surface area contributed by atoms with Crippen LogP contribution in [0.15, 0.2) is 36.5 Å². The first-order valence-corrected chi connectivity index (χ1v) is 6.78. The molecule has 4 nitrogen and oxygen atoms in total. The topological polar surface area (TPSA) is 41.9 Å². The molecule has 0 aliphatic carbocycles. The monoisotopic (exact) mass is 294 g/mol. The fourth-order valence-electron chi connectivity index (χ4n) is 1.67. The molecule has 6 heteroatoms. The van der Waals surface area contributed by atoms with Gasteiger partial charge in [-0.2, -0.15) is 5.10 Å². The molecule has 100 valence electrons. The number of thiocarbonyl (C=S) groups is 1. The summed E-state index contributed by atoms with van der Waals surface area (Å²) in [6, 6.07) is 9.37. The quantitative estimate of drug-likeness (QED) is 0.851. The first kappa shape index (κ1) is 13.8. The third-order valence-electron chi connectivity index (χ3n) is 2.64. The zero-order chi connectivity index (χ0) is 13.7. The van der Waals surface area contributed by atoms with E-state index in [1.165, 1.54) is 0 Å².